The minimum absolute atomic E-state index is 0.320. The van der Waals surface area contributed by atoms with Crippen molar-refractivity contribution >= 4 is 0 Å². The summed E-state index contributed by atoms with van der Waals surface area (Å²) in [4.78, 5) is 1.96. The molecular weight excluding hydrogens is 196 g/mol. The van der Waals surface area contributed by atoms with Crippen LogP contribution in [0, 0.1) is 0 Å². The number of methoxy groups -OCH3 is 1. The molecule has 0 aliphatic carbocycles. The Balaban J connectivity index is 3.09. The molecule has 15 heavy (non-hydrogen) atoms. The van der Waals surface area contributed by atoms with Gasteiger partial charge in [-0.3, -0.25) is 0 Å². The summed E-state index contributed by atoms with van der Waals surface area (Å²) in [5.41, 5.74) is 0. The van der Waals surface area contributed by atoms with E-state index in [1.54, 1.807) is 7.11 Å². The Hall–Kier alpha value is -0.200. The molecule has 0 saturated carbocycles. The first-order valence-electron chi connectivity index (χ1n) is 5.27. The van der Waals surface area contributed by atoms with Crippen molar-refractivity contribution in [3.05, 3.63) is 0 Å². The number of ether oxygens (including phenoxy) is 2. The van der Waals surface area contributed by atoms with Gasteiger partial charge in [-0.15, -0.1) is 0 Å². The molecule has 92 valence electrons. The number of aliphatic hydroxyl groups is 1. The molecule has 0 aromatic rings. The van der Waals surface area contributed by atoms with E-state index >= 15 is 0 Å². The van der Waals surface area contributed by atoms with Crippen molar-refractivity contribution in [2.45, 2.75) is 6.10 Å². The molecule has 0 fully saturated rings. The molecule has 0 bridgehead atoms. The first kappa shape index (κ1) is 14.8. The molecule has 1 unspecified atom stereocenters. The fourth-order valence-corrected chi connectivity index (χ4v) is 1.14. The van der Waals surface area contributed by atoms with Crippen molar-refractivity contribution in [1.29, 1.82) is 0 Å². The third-order valence-corrected chi connectivity index (χ3v) is 1.81. The van der Waals surface area contributed by atoms with Crippen LogP contribution in [-0.2, 0) is 9.47 Å². The molecule has 5 nitrogen and oxygen atoms in total. The first-order valence-corrected chi connectivity index (χ1v) is 5.27. The van der Waals surface area contributed by atoms with Gasteiger partial charge in [0.05, 0.1) is 25.9 Å². The van der Waals surface area contributed by atoms with E-state index < -0.39 is 0 Å². The SMILES string of the molecule is COCCOCCNCC(O)CN(C)C. The topological polar surface area (TPSA) is 54.0 Å². The van der Waals surface area contributed by atoms with Gasteiger partial charge in [0.25, 0.3) is 0 Å². The minimum atomic E-state index is -0.320. The molecule has 2 N–H and O–H groups in total. The highest BCUT2D eigenvalue weighted by Crippen LogP contribution is 1.83. The molecule has 0 aromatic carbocycles. The average Bonchev–Trinajstić information content (AvgIpc) is 2.15. The molecule has 0 aliphatic heterocycles. The lowest BCUT2D eigenvalue weighted by Crippen LogP contribution is -2.36. The van der Waals surface area contributed by atoms with Crippen LogP contribution in [0.15, 0.2) is 0 Å². The minimum Gasteiger partial charge on any atom is -0.390 e. The third-order valence-electron chi connectivity index (χ3n) is 1.81. The lowest BCUT2D eigenvalue weighted by molar-refractivity contribution is 0.0695. The van der Waals surface area contributed by atoms with Crippen LogP contribution in [0.1, 0.15) is 0 Å². The lowest BCUT2D eigenvalue weighted by Gasteiger charge is -2.16. The van der Waals surface area contributed by atoms with Gasteiger partial charge in [0.2, 0.25) is 0 Å². The van der Waals surface area contributed by atoms with Crippen molar-refractivity contribution in [3.8, 4) is 0 Å². The Bertz CT molecular complexity index is 134. The fourth-order valence-electron chi connectivity index (χ4n) is 1.14. The Morgan fingerprint density at radius 2 is 2.00 bits per heavy atom. The second-order valence-corrected chi connectivity index (χ2v) is 3.73. The molecule has 0 aromatic heterocycles. The van der Waals surface area contributed by atoms with E-state index in [0.717, 1.165) is 6.54 Å². The summed E-state index contributed by atoms with van der Waals surface area (Å²) in [6, 6.07) is 0. The molecule has 0 heterocycles. The maximum atomic E-state index is 9.50. The fraction of sp³-hybridized carbons (Fsp3) is 1.00. The van der Waals surface area contributed by atoms with Crippen molar-refractivity contribution in [2.24, 2.45) is 0 Å². The van der Waals surface area contributed by atoms with Crippen LogP contribution in [0.5, 0.6) is 0 Å². The van der Waals surface area contributed by atoms with Gasteiger partial charge in [0.1, 0.15) is 0 Å². The molecule has 0 amide bonds. The maximum absolute atomic E-state index is 9.50. The van der Waals surface area contributed by atoms with Gasteiger partial charge >= 0.3 is 0 Å². The summed E-state index contributed by atoms with van der Waals surface area (Å²) >= 11 is 0. The van der Waals surface area contributed by atoms with Gasteiger partial charge in [-0.25, -0.2) is 0 Å². The molecule has 0 radical (unpaired) electrons. The van der Waals surface area contributed by atoms with Gasteiger partial charge in [-0.2, -0.15) is 0 Å². The Labute approximate surface area is 92.4 Å². The summed E-state index contributed by atoms with van der Waals surface area (Å²) in [5, 5.41) is 12.6. The number of nitrogens with one attached hydrogen (secondary N) is 1. The van der Waals surface area contributed by atoms with Crippen molar-refractivity contribution in [3.63, 3.8) is 0 Å². The molecule has 1 atom stereocenters. The monoisotopic (exact) mass is 220 g/mol. The second-order valence-electron chi connectivity index (χ2n) is 3.73. The summed E-state index contributed by atoms with van der Waals surface area (Å²) in [6.45, 7) is 3.94. The van der Waals surface area contributed by atoms with Crippen LogP contribution in [0.2, 0.25) is 0 Å². The summed E-state index contributed by atoms with van der Waals surface area (Å²) in [6.07, 6.45) is -0.320. The predicted octanol–water partition coefficient (Wildman–Crippen LogP) is -0.838. The molecular formula is C10H24N2O3. The quantitative estimate of drug-likeness (QED) is 0.470. The third kappa shape index (κ3) is 11.7. The number of hydrogen-bond donors (Lipinski definition) is 2. The summed E-state index contributed by atoms with van der Waals surface area (Å²) < 4.78 is 10.1. The normalized spacial score (nSPS) is 13.4. The zero-order chi connectivity index (χ0) is 11.5. The van der Waals surface area contributed by atoms with Crippen LogP contribution < -0.4 is 5.32 Å². The van der Waals surface area contributed by atoms with E-state index in [9.17, 15) is 5.11 Å². The summed E-state index contributed by atoms with van der Waals surface area (Å²) in [7, 11) is 5.54. The van der Waals surface area contributed by atoms with E-state index in [2.05, 4.69) is 5.32 Å². The highest BCUT2D eigenvalue weighted by Gasteiger charge is 2.03. The number of aliphatic hydroxyl groups excluding tert-OH is 1. The van der Waals surface area contributed by atoms with Crippen molar-refractivity contribution in [1.82, 2.24) is 10.2 Å². The van der Waals surface area contributed by atoms with Crippen LogP contribution in [0.25, 0.3) is 0 Å². The van der Waals surface area contributed by atoms with E-state index in [-0.39, 0.29) is 6.10 Å². The molecule has 5 heteroatoms. The van der Waals surface area contributed by atoms with Gasteiger partial charge in [0, 0.05) is 26.7 Å². The van der Waals surface area contributed by atoms with Gasteiger partial charge < -0.3 is 24.8 Å². The zero-order valence-corrected chi connectivity index (χ0v) is 10.0. The highest BCUT2D eigenvalue weighted by atomic mass is 16.5. The summed E-state index contributed by atoms with van der Waals surface area (Å²) in [5.74, 6) is 0. The van der Waals surface area contributed by atoms with Crippen LogP contribution in [0.4, 0.5) is 0 Å². The van der Waals surface area contributed by atoms with Gasteiger partial charge in [0.15, 0.2) is 0 Å². The highest BCUT2D eigenvalue weighted by molar-refractivity contribution is 4.61. The van der Waals surface area contributed by atoms with Crippen molar-refractivity contribution < 1.29 is 14.6 Å². The number of hydrogen-bond acceptors (Lipinski definition) is 5. The standard InChI is InChI=1S/C10H24N2O3/c1-12(2)9-10(13)8-11-4-5-15-7-6-14-3/h10-11,13H,4-9H2,1-3H3. The van der Waals surface area contributed by atoms with Gasteiger partial charge in [-0.05, 0) is 14.1 Å². The first-order chi connectivity index (χ1) is 7.16. The number of nitrogens with zero attached hydrogens (tertiary/aromatic N) is 1. The Morgan fingerprint density at radius 3 is 2.60 bits per heavy atom. The van der Waals surface area contributed by atoms with Gasteiger partial charge in [-0.1, -0.05) is 0 Å². The average molecular weight is 220 g/mol. The predicted molar refractivity (Wildman–Crippen MR) is 60.1 cm³/mol. The smallest absolute Gasteiger partial charge is 0.0791 e. The molecule has 0 spiro atoms. The zero-order valence-electron chi connectivity index (χ0n) is 10.0. The van der Waals surface area contributed by atoms with Crippen molar-refractivity contribution in [2.75, 3.05) is 60.7 Å². The maximum Gasteiger partial charge on any atom is 0.0791 e. The largest absolute Gasteiger partial charge is 0.390 e. The van der Waals surface area contributed by atoms with E-state index in [1.165, 1.54) is 0 Å². The second kappa shape index (κ2) is 10.3. The number of likely N-dealkylation sites (N-methyl/N-ethyl adjacent to an activating group) is 1. The van der Waals surface area contributed by atoms with E-state index in [4.69, 9.17) is 9.47 Å². The van der Waals surface area contributed by atoms with E-state index in [0.29, 0.717) is 32.9 Å². The van der Waals surface area contributed by atoms with Crippen LogP contribution in [-0.4, -0.2) is 76.8 Å². The Kier molecular flexibility index (Phi) is 10.2. The molecule has 0 rings (SSSR count). The number of rotatable bonds is 10. The van der Waals surface area contributed by atoms with Crippen LogP contribution in [0.3, 0.4) is 0 Å². The molecule has 0 saturated heterocycles. The van der Waals surface area contributed by atoms with E-state index in [1.807, 2.05) is 19.0 Å². The Morgan fingerprint density at radius 1 is 1.27 bits per heavy atom. The molecule has 0 aliphatic rings. The lowest BCUT2D eigenvalue weighted by atomic mass is 10.3. The van der Waals surface area contributed by atoms with Crippen LogP contribution >= 0.6 is 0 Å².